The van der Waals surface area contributed by atoms with E-state index in [1.54, 1.807) is 30.0 Å². The molecule has 1 heterocycles. The van der Waals surface area contributed by atoms with Crippen molar-refractivity contribution in [2.45, 2.75) is 25.4 Å². The normalized spacial score (nSPS) is 19.3. The summed E-state index contributed by atoms with van der Waals surface area (Å²) in [6.45, 7) is 2.32. The Labute approximate surface area is 158 Å². The van der Waals surface area contributed by atoms with E-state index in [2.05, 4.69) is 5.32 Å². The monoisotopic (exact) mass is 371 g/mol. The molecule has 3 unspecified atom stereocenters. The summed E-state index contributed by atoms with van der Waals surface area (Å²) < 4.78 is 0. The van der Waals surface area contributed by atoms with Crippen molar-refractivity contribution in [2.75, 3.05) is 11.4 Å². The fourth-order valence-corrected chi connectivity index (χ4v) is 3.33. The second-order valence-corrected chi connectivity index (χ2v) is 6.98. The van der Waals surface area contributed by atoms with Crippen LogP contribution in [0, 0.1) is 5.92 Å². The van der Waals surface area contributed by atoms with Crippen LogP contribution in [0.4, 0.5) is 5.69 Å². The summed E-state index contributed by atoms with van der Waals surface area (Å²) in [5, 5.41) is 3.42. The average Bonchev–Trinajstić information content (AvgIpc) is 3.01. The summed E-state index contributed by atoms with van der Waals surface area (Å²) >= 11 is 6.00. The van der Waals surface area contributed by atoms with Crippen LogP contribution in [-0.4, -0.2) is 24.4 Å². The van der Waals surface area contributed by atoms with Gasteiger partial charge >= 0.3 is 0 Å². The van der Waals surface area contributed by atoms with Gasteiger partial charge in [-0.05, 0) is 30.2 Å². The molecular weight excluding hydrogens is 350 g/mol. The number of carbonyl (C=O) groups excluding carboxylic acids is 2. The van der Waals surface area contributed by atoms with Gasteiger partial charge in [0.15, 0.2) is 0 Å². The highest BCUT2D eigenvalue weighted by Crippen LogP contribution is 2.25. The predicted molar refractivity (Wildman–Crippen MR) is 103 cm³/mol. The molecule has 3 rings (SSSR count). The minimum absolute atomic E-state index is 0.124. The number of hydrogen-bond acceptors (Lipinski definition) is 3. The molecule has 2 amide bonds. The first-order chi connectivity index (χ1) is 12.5. The van der Waals surface area contributed by atoms with Crippen molar-refractivity contribution < 1.29 is 9.59 Å². The summed E-state index contributed by atoms with van der Waals surface area (Å²) in [7, 11) is 0. The maximum Gasteiger partial charge on any atom is 0.249 e. The second-order valence-electron chi connectivity index (χ2n) is 6.54. The minimum atomic E-state index is -0.535. The SMILES string of the molecule is CC(C(=O)NC1CCN(c2cccc(Cl)c2)C1=O)C(N)c1ccccc1. The van der Waals surface area contributed by atoms with Crippen LogP contribution in [0.15, 0.2) is 54.6 Å². The molecule has 3 N–H and O–H groups in total. The van der Waals surface area contributed by atoms with Gasteiger partial charge in [0.2, 0.25) is 11.8 Å². The number of nitrogens with one attached hydrogen (secondary N) is 1. The van der Waals surface area contributed by atoms with Gasteiger partial charge in [-0.25, -0.2) is 0 Å². The minimum Gasteiger partial charge on any atom is -0.344 e. The first kappa shape index (κ1) is 18.4. The smallest absolute Gasteiger partial charge is 0.249 e. The van der Waals surface area contributed by atoms with E-state index in [4.69, 9.17) is 17.3 Å². The fourth-order valence-electron chi connectivity index (χ4n) is 3.14. The molecule has 1 saturated heterocycles. The topological polar surface area (TPSA) is 75.4 Å². The van der Waals surface area contributed by atoms with Crippen molar-refractivity contribution >= 4 is 29.1 Å². The average molecular weight is 372 g/mol. The number of nitrogens with zero attached hydrogens (tertiary/aromatic N) is 1. The molecule has 136 valence electrons. The molecule has 2 aromatic rings. The van der Waals surface area contributed by atoms with Crippen LogP contribution >= 0.6 is 11.6 Å². The van der Waals surface area contributed by atoms with E-state index in [0.717, 1.165) is 11.3 Å². The van der Waals surface area contributed by atoms with E-state index in [1.807, 2.05) is 36.4 Å². The molecule has 1 aliphatic rings. The molecule has 0 spiro atoms. The summed E-state index contributed by atoms with van der Waals surface area (Å²) in [4.78, 5) is 26.9. The largest absolute Gasteiger partial charge is 0.344 e. The van der Waals surface area contributed by atoms with Crippen LogP contribution in [-0.2, 0) is 9.59 Å². The molecule has 0 bridgehead atoms. The Hall–Kier alpha value is -2.37. The van der Waals surface area contributed by atoms with Gasteiger partial charge < -0.3 is 16.0 Å². The van der Waals surface area contributed by atoms with Gasteiger partial charge in [0, 0.05) is 23.3 Å². The Bertz CT molecular complexity index is 797. The predicted octanol–water partition coefficient (Wildman–Crippen LogP) is 2.90. The zero-order valence-corrected chi connectivity index (χ0v) is 15.3. The molecule has 0 aromatic heterocycles. The molecule has 0 saturated carbocycles. The van der Waals surface area contributed by atoms with Crippen molar-refractivity contribution in [1.82, 2.24) is 5.32 Å². The molecule has 0 radical (unpaired) electrons. The van der Waals surface area contributed by atoms with Crippen molar-refractivity contribution in [3.8, 4) is 0 Å². The van der Waals surface area contributed by atoms with Crippen LogP contribution in [0.25, 0.3) is 0 Å². The summed E-state index contributed by atoms with van der Waals surface area (Å²) in [5.41, 5.74) is 7.85. The number of carbonyl (C=O) groups is 2. The van der Waals surface area contributed by atoms with Crippen LogP contribution in [0.1, 0.15) is 24.9 Å². The Morgan fingerprint density at radius 1 is 1.23 bits per heavy atom. The third-order valence-electron chi connectivity index (χ3n) is 4.78. The van der Waals surface area contributed by atoms with E-state index in [-0.39, 0.29) is 11.8 Å². The number of nitrogens with two attached hydrogens (primary N) is 1. The Kier molecular flexibility index (Phi) is 5.59. The maximum atomic E-state index is 12.7. The highest BCUT2D eigenvalue weighted by atomic mass is 35.5. The quantitative estimate of drug-likeness (QED) is 0.848. The number of rotatable bonds is 5. The third kappa shape index (κ3) is 3.89. The Balaban J connectivity index is 1.64. The number of benzene rings is 2. The van der Waals surface area contributed by atoms with Crippen molar-refractivity contribution in [3.05, 3.63) is 65.2 Å². The molecule has 0 aliphatic carbocycles. The van der Waals surface area contributed by atoms with E-state index in [9.17, 15) is 9.59 Å². The number of hydrogen-bond donors (Lipinski definition) is 2. The van der Waals surface area contributed by atoms with Gasteiger partial charge in [-0.3, -0.25) is 9.59 Å². The molecule has 6 heteroatoms. The lowest BCUT2D eigenvalue weighted by atomic mass is 9.94. The number of anilines is 1. The Morgan fingerprint density at radius 3 is 2.65 bits per heavy atom. The van der Waals surface area contributed by atoms with Crippen LogP contribution < -0.4 is 16.0 Å². The van der Waals surface area contributed by atoms with Gasteiger partial charge in [-0.2, -0.15) is 0 Å². The van der Waals surface area contributed by atoms with Crippen LogP contribution in [0.5, 0.6) is 0 Å². The first-order valence-corrected chi connectivity index (χ1v) is 9.03. The van der Waals surface area contributed by atoms with Crippen molar-refractivity contribution in [2.24, 2.45) is 11.7 Å². The third-order valence-corrected chi connectivity index (χ3v) is 5.01. The molecule has 1 aliphatic heterocycles. The maximum absolute atomic E-state index is 12.7. The molecule has 3 atom stereocenters. The van der Waals surface area contributed by atoms with Gasteiger partial charge in [0.25, 0.3) is 0 Å². The van der Waals surface area contributed by atoms with Crippen LogP contribution in [0.3, 0.4) is 0 Å². The first-order valence-electron chi connectivity index (χ1n) is 8.65. The summed E-state index contributed by atoms with van der Waals surface area (Å²) in [6.07, 6.45) is 0.560. The van der Waals surface area contributed by atoms with E-state index in [0.29, 0.717) is 18.0 Å². The summed E-state index contributed by atoms with van der Waals surface area (Å²) in [6, 6.07) is 15.7. The van der Waals surface area contributed by atoms with Gasteiger partial charge in [0.05, 0.1) is 5.92 Å². The van der Waals surface area contributed by atoms with E-state index >= 15 is 0 Å². The molecular formula is C20H22ClN3O2. The molecule has 2 aromatic carbocycles. The van der Waals surface area contributed by atoms with Gasteiger partial charge in [-0.15, -0.1) is 0 Å². The Morgan fingerprint density at radius 2 is 1.96 bits per heavy atom. The van der Waals surface area contributed by atoms with Crippen LogP contribution in [0.2, 0.25) is 5.02 Å². The fraction of sp³-hybridized carbons (Fsp3) is 0.300. The standard InChI is InChI=1S/C20H22ClN3O2/c1-13(18(22)14-6-3-2-4-7-14)19(25)23-17-10-11-24(20(17)26)16-9-5-8-15(21)12-16/h2-9,12-13,17-18H,10-11,22H2,1H3,(H,23,25). The van der Waals surface area contributed by atoms with Crippen molar-refractivity contribution in [3.63, 3.8) is 0 Å². The van der Waals surface area contributed by atoms with Gasteiger partial charge in [-0.1, -0.05) is 54.9 Å². The second kappa shape index (κ2) is 7.89. The van der Waals surface area contributed by atoms with E-state index < -0.39 is 18.0 Å². The lowest BCUT2D eigenvalue weighted by Gasteiger charge is -2.22. The zero-order valence-electron chi connectivity index (χ0n) is 14.6. The molecule has 5 nitrogen and oxygen atoms in total. The number of halogens is 1. The van der Waals surface area contributed by atoms with E-state index in [1.165, 1.54) is 0 Å². The van der Waals surface area contributed by atoms with Crippen molar-refractivity contribution in [1.29, 1.82) is 0 Å². The lowest BCUT2D eigenvalue weighted by Crippen LogP contribution is -2.45. The lowest BCUT2D eigenvalue weighted by molar-refractivity contribution is -0.129. The van der Waals surface area contributed by atoms with Gasteiger partial charge in [0.1, 0.15) is 6.04 Å². The zero-order chi connectivity index (χ0) is 18.7. The highest BCUT2D eigenvalue weighted by Gasteiger charge is 2.35. The molecule has 26 heavy (non-hydrogen) atoms. The molecule has 1 fully saturated rings. The number of amides is 2. The summed E-state index contributed by atoms with van der Waals surface area (Å²) in [5.74, 6) is -0.779. The highest BCUT2D eigenvalue weighted by molar-refractivity contribution is 6.31.